The first-order valence-corrected chi connectivity index (χ1v) is 5.15. The maximum Gasteiger partial charge on any atom is 0.391 e. The summed E-state index contributed by atoms with van der Waals surface area (Å²) in [5, 5.41) is 2.81. The fraction of sp³-hybridized carbons (Fsp3) is 0.889. The number of nitrogens with two attached hydrogens (primary N) is 1. The van der Waals surface area contributed by atoms with Crippen molar-refractivity contribution in [1.29, 1.82) is 0 Å². The Balaban J connectivity index is 4.33. The molecule has 5 nitrogen and oxygen atoms in total. The van der Waals surface area contributed by atoms with E-state index in [-0.39, 0.29) is 12.0 Å². The van der Waals surface area contributed by atoms with Crippen LogP contribution in [0.2, 0.25) is 0 Å². The molecule has 0 saturated carbocycles. The minimum absolute atomic E-state index is 0.104. The van der Waals surface area contributed by atoms with Gasteiger partial charge in [-0.25, -0.2) is 10.8 Å². The number of guanidine groups is 1. The van der Waals surface area contributed by atoms with Gasteiger partial charge in [-0.05, 0) is 13.8 Å². The second-order valence-electron chi connectivity index (χ2n) is 3.79. The minimum atomic E-state index is -4.24. The van der Waals surface area contributed by atoms with Crippen LogP contribution in [-0.2, 0) is 4.74 Å². The van der Waals surface area contributed by atoms with E-state index in [2.05, 4.69) is 15.7 Å². The molecule has 2 unspecified atom stereocenters. The lowest BCUT2D eigenvalue weighted by molar-refractivity contribution is -0.137. The molecule has 8 heteroatoms. The molecule has 0 aromatic carbocycles. The van der Waals surface area contributed by atoms with Crippen LogP contribution < -0.4 is 16.6 Å². The van der Waals surface area contributed by atoms with Gasteiger partial charge in [-0.1, -0.05) is 0 Å². The molecule has 0 heterocycles. The normalized spacial score (nSPS) is 16.5. The number of rotatable bonds is 5. The first-order valence-electron chi connectivity index (χ1n) is 5.15. The number of nitrogens with one attached hydrogen (secondary N) is 2. The van der Waals surface area contributed by atoms with Crippen molar-refractivity contribution in [3.05, 3.63) is 0 Å². The molecular formula is C9H19F3N4O. The Morgan fingerprint density at radius 1 is 1.41 bits per heavy atom. The van der Waals surface area contributed by atoms with Crippen molar-refractivity contribution < 1.29 is 17.9 Å². The Morgan fingerprint density at radius 2 is 2.00 bits per heavy atom. The van der Waals surface area contributed by atoms with Crippen LogP contribution in [0.5, 0.6) is 0 Å². The van der Waals surface area contributed by atoms with Crippen molar-refractivity contribution in [3.63, 3.8) is 0 Å². The van der Waals surface area contributed by atoms with Crippen LogP contribution in [-0.4, -0.2) is 37.9 Å². The van der Waals surface area contributed by atoms with Crippen molar-refractivity contribution in [2.75, 3.05) is 13.7 Å². The summed E-state index contributed by atoms with van der Waals surface area (Å²) < 4.78 is 41.1. The van der Waals surface area contributed by atoms with Gasteiger partial charge >= 0.3 is 6.18 Å². The number of nitrogens with zero attached hydrogens (tertiary/aromatic N) is 1. The van der Waals surface area contributed by atoms with Gasteiger partial charge in [0.15, 0.2) is 0 Å². The fourth-order valence-corrected chi connectivity index (χ4v) is 1.24. The maximum absolute atomic E-state index is 12.1. The van der Waals surface area contributed by atoms with E-state index in [9.17, 15) is 13.2 Å². The molecule has 0 bridgehead atoms. The Morgan fingerprint density at radius 3 is 2.41 bits per heavy atom. The lowest BCUT2D eigenvalue weighted by Gasteiger charge is -2.17. The standard InChI is InChI=1S/C9H19F3N4O/c1-6(4-9(10,11)12)14-8(16-13)15-7(2)5-17-3/h6-7H,4-5,13H2,1-3H3,(H2,14,15,16). The predicted molar refractivity (Wildman–Crippen MR) is 59.4 cm³/mol. The number of hydrogen-bond acceptors (Lipinski definition) is 3. The Kier molecular flexibility index (Phi) is 6.89. The van der Waals surface area contributed by atoms with Gasteiger partial charge in [-0.3, -0.25) is 5.43 Å². The van der Waals surface area contributed by atoms with Crippen LogP contribution in [0.3, 0.4) is 0 Å². The number of methoxy groups -OCH3 is 1. The molecule has 0 rings (SSSR count). The van der Waals surface area contributed by atoms with Crippen LogP contribution in [0.1, 0.15) is 20.3 Å². The SMILES string of the molecule is COCC(C)NC(=NC(C)CC(F)(F)F)NN. The lowest BCUT2D eigenvalue weighted by atomic mass is 10.2. The molecule has 0 amide bonds. The quantitative estimate of drug-likeness (QED) is 0.294. The average Bonchev–Trinajstić information content (AvgIpc) is 2.13. The molecule has 4 N–H and O–H groups in total. The number of hydrogen-bond donors (Lipinski definition) is 3. The third-order valence-corrected chi connectivity index (χ3v) is 1.81. The molecule has 17 heavy (non-hydrogen) atoms. The first kappa shape index (κ1) is 16.0. The topological polar surface area (TPSA) is 71.7 Å². The number of alkyl halides is 3. The smallest absolute Gasteiger partial charge is 0.383 e. The molecule has 2 atom stereocenters. The predicted octanol–water partition coefficient (Wildman–Crippen LogP) is 0.771. The van der Waals surface area contributed by atoms with Gasteiger partial charge in [0.2, 0.25) is 5.96 Å². The van der Waals surface area contributed by atoms with Crippen LogP contribution in [0.25, 0.3) is 0 Å². The molecule has 0 radical (unpaired) electrons. The van der Waals surface area contributed by atoms with Crippen LogP contribution in [0.4, 0.5) is 13.2 Å². The number of hydrazine groups is 1. The monoisotopic (exact) mass is 256 g/mol. The summed E-state index contributed by atoms with van der Waals surface area (Å²) in [6.45, 7) is 3.56. The van der Waals surface area contributed by atoms with Gasteiger partial charge in [0.1, 0.15) is 0 Å². The number of ether oxygens (including phenoxy) is 1. The van der Waals surface area contributed by atoms with Crippen LogP contribution >= 0.6 is 0 Å². The zero-order valence-electron chi connectivity index (χ0n) is 10.1. The molecule has 0 saturated heterocycles. The van der Waals surface area contributed by atoms with Gasteiger partial charge in [0.25, 0.3) is 0 Å². The minimum Gasteiger partial charge on any atom is -0.383 e. The van der Waals surface area contributed by atoms with E-state index >= 15 is 0 Å². The fourth-order valence-electron chi connectivity index (χ4n) is 1.24. The molecule has 0 aliphatic rings. The molecule has 0 aliphatic carbocycles. The van der Waals surface area contributed by atoms with Gasteiger partial charge in [-0.2, -0.15) is 13.2 Å². The van der Waals surface area contributed by atoms with Crippen molar-refractivity contribution in [3.8, 4) is 0 Å². The van der Waals surface area contributed by atoms with Crippen molar-refractivity contribution >= 4 is 5.96 Å². The average molecular weight is 256 g/mol. The van der Waals surface area contributed by atoms with Crippen molar-refractivity contribution in [1.82, 2.24) is 10.7 Å². The van der Waals surface area contributed by atoms with E-state index in [1.165, 1.54) is 14.0 Å². The highest BCUT2D eigenvalue weighted by Crippen LogP contribution is 2.22. The summed E-state index contributed by atoms with van der Waals surface area (Å²) in [4.78, 5) is 3.80. The molecule has 0 aromatic heterocycles. The van der Waals surface area contributed by atoms with E-state index in [0.717, 1.165) is 0 Å². The molecule has 0 spiro atoms. The Hall–Kier alpha value is -1.02. The van der Waals surface area contributed by atoms with E-state index in [1.807, 2.05) is 0 Å². The van der Waals surface area contributed by atoms with Gasteiger partial charge in [0, 0.05) is 13.2 Å². The van der Waals surface area contributed by atoms with Gasteiger partial charge < -0.3 is 10.1 Å². The largest absolute Gasteiger partial charge is 0.391 e. The summed E-state index contributed by atoms with van der Waals surface area (Å²) >= 11 is 0. The second kappa shape index (κ2) is 7.33. The number of halogens is 3. The Labute approximate surface area is 98.6 Å². The molecule has 0 aromatic rings. The maximum atomic E-state index is 12.1. The van der Waals surface area contributed by atoms with Crippen LogP contribution in [0, 0.1) is 0 Å². The molecule has 0 aliphatic heterocycles. The summed E-state index contributed by atoms with van der Waals surface area (Å²) in [7, 11) is 1.52. The highest BCUT2D eigenvalue weighted by atomic mass is 19.4. The van der Waals surface area contributed by atoms with E-state index in [1.54, 1.807) is 6.92 Å². The van der Waals surface area contributed by atoms with Crippen LogP contribution in [0.15, 0.2) is 4.99 Å². The van der Waals surface area contributed by atoms with E-state index < -0.39 is 18.6 Å². The van der Waals surface area contributed by atoms with Crippen molar-refractivity contribution in [2.45, 2.75) is 38.5 Å². The van der Waals surface area contributed by atoms with Gasteiger partial charge in [0.05, 0.1) is 19.1 Å². The van der Waals surface area contributed by atoms with E-state index in [0.29, 0.717) is 6.61 Å². The summed E-state index contributed by atoms with van der Waals surface area (Å²) in [6, 6.07) is -1.00. The first-order chi connectivity index (χ1) is 7.78. The second-order valence-corrected chi connectivity index (χ2v) is 3.79. The molecule has 0 fully saturated rings. The highest BCUT2D eigenvalue weighted by Gasteiger charge is 2.30. The summed E-state index contributed by atoms with van der Waals surface area (Å²) in [5.41, 5.74) is 2.22. The van der Waals surface area contributed by atoms with Gasteiger partial charge in [-0.15, -0.1) is 0 Å². The summed E-state index contributed by atoms with van der Waals surface area (Å²) in [5.74, 6) is 5.28. The van der Waals surface area contributed by atoms with Crippen molar-refractivity contribution in [2.24, 2.45) is 10.8 Å². The third kappa shape index (κ3) is 8.75. The lowest BCUT2D eigenvalue weighted by Crippen LogP contribution is -2.47. The molecule has 102 valence electrons. The zero-order valence-corrected chi connectivity index (χ0v) is 10.1. The highest BCUT2D eigenvalue weighted by molar-refractivity contribution is 5.79. The third-order valence-electron chi connectivity index (χ3n) is 1.81. The van der Waals surface area contributed by atoms with E-state index in [4.69, 9.17) is 10.6 Å². The zero-order chi connectivity index (χ0) is 13.5. The number of aliphatic imine (C=N–C) groups is 1. The Bertz CT molecular complexity index is 245. The summed E-state index contributed by atoms with van der Waals surface area (Å²) in [6.07, 6.45) is -5.22. The molecular weight excluding hydrogens is 237 g/mol.